The van der Waals surface area contributed by atoms with Crippen LogP contribution in [0.25, 0.3) is 5.76 Å². The van der Waals surface area contributed by atoms with E-state index in [1.165, 1.54) is 25.3 Å². The number of nitrogens with zero attached hydrogens (tertiary/aromatic N) is 2. The lowest BCUT2D eigenvalue weighted by atomic mass is 9.93. The minimum atomic E-state index is -1.13. The summed E-state index contributed by atoms with van der Waals surface area (Å²) in [6.07, 6.45) is 0. The van der Waals surface area contributed by atoms with Crippen LogP contribution in [-0.2, 0) is 14.3 Å². The molecule has 1 saturated heterocycles. The number of methoxy groups -OCH3 is 1. The number of aryl methyl sites for hydroxylation is 2. The van der Waals surface area contributed by atoms with Gasteiger partial charge >= 0.3 is 11.9 Å². The number of benzene rings is 2. The molecule has 1 amide bonds. The summed E-state index contributed by atoms with van der Waals surface area (Å²) in [5.41, 5.74) is 1.50. The average Bonchev–Trinajstić information content (AvgIpc) is 3.41. The Labute approximate surface area is 229 Å². The van der Waals surface area contributed by atoms with Gasteiger partial charge in [0.2, 0.25) is 0 Å². The van der Waals surface area contributed by atoms with Crippen LogP contribution in [-0.4, -0.2) is 53.2 Å². The van der Waals surface area contributed by atoms with Crippen LogP contribution in [0.2, 0.25) is 0 Å². The highest BCUT2D eigenvalue weighted by molar-refractivity contribution is 7.17. The fourth-order valence-electron chi connectivity index (χ4n) is 4.36. The quantitative estimate of drug-likeness (QED) is 0.177. The third-order valence-corrected chi connectivity index (χ3v) is 7.32. The van der Waals surface area contributed by atoms with Crippen LogP contribution >= 0.6 is 11.3 Å². The van der Waals surface area contributed by atoms with Gasteiger partial charge in [0.15, 0.2) is 16.6 Å². The zero-order chi connectivity index (χ0) is 28.4. The molecule has 1 aliphatic rings. The molecule has 2 heterocycles. The Morgan fingerprint density at radius 2 is 1.85 bits per heavy atom. The number of amides is 1. The predicted molar refractivity (Wildman–Crippen MR) is 145 cm³/mol. The molecule has 4 rings (SSSR count). The van der Waals surface area contributed by atoms with E-state index in [0.717, 1.165) is 16.2 Å². The van der Waals surface area contributed by atoms with Crippen molar-refractivity contribution in [1.29, 1.82) is 0 Å². The van der Waals surface area contributed by atoms with E-state index < -0.39 is 23.7 Å². The van der Waals surface area contributed by atoms with E-state index in [2.05, 4.69) is 4.98 Å². The molecule has 0 spiro atoms. The standard InChI is InChI=1S/C28H28N2O8S/c1-6-37-20-13-16(8-11-19(20)31)22-21(23(32)18-10-9-17(36-5)12-14(18)3)24(33)26(34)30(22)28-29-15(4)25(39-28)27(35)38-7-2/h8-13,22,31-32H,6-7H2,1-5H3. The Morgan fingerprint density at radius 3 is 2.49 bits per heavy atom. The van der Waals surface area contributed by atoms with Gasteiger partial charge in [0.25, 0.3) is 5.78 Å². The number of carbonyl (C=O) groups is 3. The van der Waals surface area contributed by atoms with Gasteiger partial charge in [-0.1, -0.05) is 17.4 Å². The van der Waals surface area contributed by atoms with E-state index in [-0.39, 0.29) is 46.1 Å². The summed E-state index contributed by atoms with van der Waals surface area (Å²) in [6, 6.07) is 8.22. The lowest BCUT2D eigenvalue weighted by Gasteiger charge is -2.24. The van der Waals surface area contributed by atoms with E-state index in [1.54, 1.807) is 45.9 Å². The van der Waals surface area contributed by atoms with E-state index in [0.29, 0.717) is 28.1 Å². The molecule has 1 aliphatic heterocycles. The molecule has 2 aromatic carbocycles. The first kappa shape index (κ1) is 27.6. The van der Waals surface area contributed by atoms with E-state index in [1.807, 2.05) is 0 Å². The van der Waals surface area contributed by atoms with Gasteiger partial charge in [-0.05, 0) is 69.2 Å². The number of Topliss-reactive ketones (excluding diaryl/α,β-unsaturated/α-hetero) is 1. The first-order valence-corrected chi connectivity index (χ1v) is 13.0. The maximum absolute atomic E-state index is 13.5. The minimum Gasteiger partial charge on any atom is -0.507 e. The highest BCUT2D eigenvalue weighted by Crippen LogP contribution is 2.45. The van der Waals surface area contributed by atoms with Gasteiger partial charge in [-0.25, -0.2) is 9.78 Å². The maximum Gasteiger partial charge on any atom is 0.350 e. The minimum absolute atomic E-state index is 0.0826. The van der Waals surface area contributed by atoms with Gasteiger partial charge in [0, 0.05) is 5.56 Å². The molecule has 0 radical (unpaired) electrons. The summed E-state index contributed by atoms with van der Waals surface area (Å²) in [5, 5.41) is 21.8. The van der Waals surface area contributed by atoms with Crippen molar-refractivity contribution in [1.82, 2.24) is 4.98 Å². The molecule has 11 heteroatoms. The molecule has 0 saturated carbocycles. The Hall–Kier alpha value is -4.38. The number of thiazole rings is 1. The normalized spacial score (nSPS) is 16.4. The number of hydrogen-bond donors (Lipinski definition) is 2. The molecule has 10 nitrogen and oxygen atoms in total. The van der Waals surface area contributed by atoms with Crippen LogP contribution < -0.4 is 14.4 Å². The third-order valence-electron chi connectivity index (χ3n) is 6.18. The Kier molecular flexibility index (Phi) is 7.91. The van der Waals surface area contributed by atoms with Gasteiger partial charge in [0.05, 0.1) is 37.6 Å². The lowest BCUT2D eigenvalue weighted by molar-refractivity contribution is -0.132. The number of phenolic OH excluding ortho intramolecular Hbond substituents is 1. The number of anilines is 1. The molecule has 0 bridgehead atoms. The summed E-state index contributed by atoms with van der Waals surface area (Å²) >= 11 is 0.910. The third kappa shape index (κ3) is 5.05. The zero-order valence-electron chi connectivity index (χ0n) is 22.1. The number of carbonyl (C=O) groups excluding carboxylic acids is 3. The number of phenols is 1. The number of aliphatic hydroxyl groups excluding tert-OH is 1. The number of rotatable bonds is 8. The molecule has 0 aliphatic carbocycles. The van der Waals surface area contributed by atoms with Crippen LogP contribution in [0, 0.1) is 13.8 Å². The second-order valence-corrected chi connectivity index (χ2v) is 9.62. The van der Waals surface area contributed by atoms with Crippen molar-refractivity contribution in [2.45, 2.75) is 33.7 Å². The van der Waals surface area contributed by atoms with Crippen LogP contribution in [0.3, 0.4) is 0 Å². The van der Waals surface area contributed by atoms with Crippen molar-refractivity contribution < 1.29 is 38.8 Å². The number of aliphatic hydroxyl groups is 1. The van der Waals surface area contributed by atoms with Crippen LogP contribution in [0.1, 0.15) is 51.9 Å². The smallest absolute Gasteiger partial charge is 0.350 e. The van der Waals surface area contributed by atoms with Gasteiger partial charge in [-0.3, -0.25) is 14.5 Å². The van der Waals surface area contributed by atoms with Crippen LogP contribution in [0.15, 0.2) is 42.0 Å². The highest BCUT2D eigenvalue weighted by atomic mass is 32.1. The van der Waals surface area contributed by atoms with Gasteiger partial charge in [-0.2, -0.15) is 0 Å². The fraction of sp³-hybridized carbons (Fsp3) is 0.286. The Balaban J connectivity index is 1.96. The molecule has 204 valence electrons. The molecule has 1 aromatic heterocycles. The number of aromatic hydroxyl groups is 1. The summed E-state index contributed by atoms with van der Waals surface area (Å²) in [4.78, 5) is 45.2. The van der Waals surface area contributed by atoms with Crippen molar-refractivity contribution in [2.24, 2.45) is 0 Å². The SMILES string of the molecule is CCOC(=O)c1sc(N2C(=O)C(=O)C(=C(O)c3ccc(OC)cc3C)C2c2ccc(O)c(OCC)c2)nc1C. The first-order valence-electron chi connectivity index (χ1n) is 12.2. The van der Waals surface area contributed by atoms with Gasteiger partial charge in [-0.15, -0.1) is 0 Å². The average molecular weight is 553 g/mol. The Bertz CT molecular complexity index is 1490. The molecule has 3 aromatic rings. The van der Waals surface area contributed by atoms with Crippen molar-refractivity contribution >= 4 is 39.9 Å². The number of ketones is 1. The molecular formula is C28H28N2O8S. The van der Waals surface area contributed by atoms with Gasteiger partial charge < -0.3 is 24.4 Å². The van der Waals surface area contributed by atoms with Crippen LogP contribution in [0.5, 0.6) is 17.2 Å². The largest absolute Gasteiger partial charge is 0.507 e. The lowest BCUT2D eigenvalue weighted by Crippen LogP contribution is -2.29. The summed E-state index contributed by atoms with van der Waals surface area (Å²) in [5.74, 6) is -2.25. The first-order chi connectivity index (χ1) is 18.6. The number of hydrogen-bond acceptors (Lipinski definition) is 10. The van der Waals surface area contributed by atoms with E-state index >= 15 is 0 Å². The van der Waals surface area contributed by atoms with Crippen molar-refractivity contribution in [3.63, 3.8) is 0 Å². The van der Waals surface area contributed by atoms with Crippen molar-refractivity contribution in [3.05, 3.63) is 69.2 Å². The highest BCUT2D eigenvalue weighted by Gasteiger charge is 2.48. The Morgan fingerprint density at radius 1 is 1.10 bits per heavy atom. The zero-order valence-corrected chi connectivity index (χ0v) is 22.9. The van der Waals surface area contributed by atoms with Crippen LogP contribution in [0.4, 0.5) is 5.13 Å². The summed E-state index contributed by atoms with van der Waals surface area (Å²) < 4.78 is 15.9. The predicted octanol–water partition coefficient (Wildman–Crippen LogP) is 4.68. The summed E-state index contributed by atoms with van der Waals surface area (Å²) in [7, 11) is 1.52. The van der Waals surface area contributed by atoms with E-state index in [4.69, 9.17) is 14.2 Å². The number of aromatic nitrogens is 1. The fourth-order valence-corrected chi connectivity index (χ4v) is 5.35. The van der Waals surface area contributed by atoms with Gasteiger partial charge in [0.1, 0.15) is 16.4 Å². The molecule has 1 fully saturated rings. The van der Waals surface area contributed by atoms with Crippen molar-refractivity contribution in [2.75, 3.05) is 25.2 Å². The molecular weight excluding hydrogens is 524 g/mol. The van der Waals surface area contributed by atoms with E-state index in [9.17, 15) is 24.6 Å². The number of esters is 1. The van der Waals surface area contributed by atoms with Crippen molar-refractivity contribution in [3.8, 4) is 17.2 Å². The topological polar surface area (TPSA) is 135 Å². The molecule has 39 heavy (non-hydrogen) atoms. The summed E-state index contributed by atoms with van der Waals surface area (Å²) in [6.45, 7) is 7.19. The monoisotopic (exact) mass is 552 g/mol. The molecule has 2 N–H and O–H groups in total. The molecule has 1 atom stereocenters. The maximum atomic E-state index is 13.5. The molecule has 1 unspecified atom stereocenters. The second kappa shape index (κ2) is 11.2. The number of ether oxygens (including phenoxy) is 3. The second-order valence-electron chi connectivity index (χ2n) is 8.64.